The van der Waals surface area contributed by atoms with E-state index in [0.717, 1.165) is 11.1 Å². The summed E-state index contributed by atoms with van der Waals surface area (Å²) >= 11 is 1.62. The number of hydrogen-bond acceptors (Lipinski definition) is 2. The molecule has 0 N–H and O–H groups in total. The van der Waals surface area contributed by atoms with Crippen LogP contribution in [0.2, 0.25) is 0 Å². The molecule has 0 fully saturated rings. The van der Waals surface area contributed by atoms with E-state index < -0.39 is 0 Å². The summed E-state index contributed by atoms with van der Waals surface area (Å²) in [5, 5.41) is 4.02. The average Bonchev–Trinajstić information content (AvgIpc) is 2.62. The predicted octanol–water partition coefficient (Wildman–Crippen LogP) is 3.26. The van der Waals surface area contributed by atoms with Crippen molar-refractivity contribution >= 4 is 11.3 Å². The van der Waals surface area contributed by atoms with E-state index in [1.54, 1.807) is 24.5 Å². The largest absolute Gasteiger partial charge is 0.227 e. The van der Waals surface area contributed by atoms with Crippen molar-refractivity contribution in [3.8, 4) is 11.1 Å². The van der Waals surface area contributed by atoms with Crippen molar-refractivity contribution in [2.45, 2.75) is 6.92 Å². The molecule has 3 heteroatoms. The van der Waals surface area contributed by atoms with Gasteiger partial charge in [0.05, 0.1) is 0 Å². The van der Waals surface area contributed by atoms with Gasteiger partial charge in [0.1, 0.15) is 0 Å². The minimum atomic E-state index is -0.390. The van der Waals surface area contributed by atoms with Gasteiger partial charge in [-0.2, -0.15) is 15.7 Å². The Morgan fingerprint density at radius 3 is 2.85 bits per heavy atom. The molecule has 0 aromatic carbocycles. The molecule has 1 nitrogen and oxygen atoms in total. The number of nitrogens with zero attached hydrogens (tertiary/aromatic N) is 1. The molecule has 0 amide bonds. The number of rotatable bonds is 1. The van der Waals surface area contributed by atoms with Gasteiger partial charge in [-0.25, -0.2) is 4.98 Å². The molecule has 0 radical (unpaired) electrons. The van der Waals surface area contributed by atoms with Gasteiger partial charge in [0, 0.05) is 17.3 Å². The molecule has 66 valence electrons. The first-order valence-corrected chi connectivity index (χ1v) is 4.86. The Hall–Kier alpha value is -1.22. The lowest BCUT2D eigenvalue weighted by Gasteiger charge is -1.99. The summed E-state index contributed by atoms with van der Waals surface area (Å²) in [6.07, 6.45) is 1.56. The Labute approximate surface area is 79.9 Å². The second-order valence-corrected chi connectivity index (χ2v) is 3.62. The molecule has 0 unspecified atom stereocenters. The zero-order chi connectivity index (χ0) is 9.26. The van der Waals surface area contributed by atoms with E-state index in [2.05, 4.69) is 4.98 Å². The van der Waals surface area contributed by atoms with Gasteiger partial charge in [-0.1, -0.05) is 0 Å². The maximum absolute atomic E-state index is 12.8. The van der Waals surface area contributed by atoms with Gasteiger partial charge in [-0.15, -0.1) is 0 Å². The number of hydrogen-bond donors (Lipinski definition) is 0. The predicted molar refractivity (Wildman–Crippen MR) is 52.2 cm³/mol. The minimum Gasteiger partial charge on any atom is -0.227 e. The zero-order valence-electron chi connectivity index (χ0n) is 7.12. The van der Waals surface area contributed by atoms with Crippen LogP contribution in [-0.2, 0) is 0 Å². The van der Waals surface area contributed by atoms with Crippen molar-refractivity contribution in [3.63, 3.8) is 0 Å². The molecular formula is C10H8FNS. The van der Waals surface area contributed by atoms with Gasteiger partial charge in [-0.05, 0) is 35.4 Å². The van der Waals surface area contributed by atoms with Crippen LogP contribution in [0.4, 0.5) is 4.39 Å². The van der Waals surface area contributed by atoms with E-state index >= 15 is 0 Å². The number of pyridine rings is 1. The van der Waals surface area contributed by atoms with Crippen molar-refractivity contribution in [1.82, 2.24) is 4.98 Å². The molecule has 0 spiro atoms. The Morgan fingerprint density at radius 1 is 1.38 bits per heavy atom. The van der Waals surface area contributed by atoms with Crippen LogP contribution in [0.3, 0.4) is 0 Å². The molecular weight excluding hydrogens is 185 g/mol. The Bertz CT molecular complexity index is 409. The van der Waals surface area contributed by atoms with Crippen molar-refractivity contribution in [2.75, 3.05) is 0 Å². The lowest BCUT2D eigenvalue weighted by Crippen LogP contribution is -1.88. The van der Waals surface area contributed by atoms with Crippen molar-refractivity contribution in [2.24, 2.45) is 0 Å². The highest BCUT2D eigenvalue weighted by Crippen LogP contribution is 2.22. The number of thiophene rings is 1. The van der Waals surface area contributed by atoms with E-state index in [4.69, 9.17) is 0 Å². The topological polar surface area (TPSA) is 12.9 Å². The smallest absolute Gasteiger partial charge is 0.215 e. The normalized spacial score (nSPS) is 10.3. The van der Waals surface area contributed by atoms with E-state index in [1.165, 1.54) is 0 Å². The summed E-state index contributed by atoms with van der Waals surface area (Å²) < 4.78 is 12.8. The highest BCUT2D eigenvalue weighted by atomic mass is 32.1. The molecule has 0 atom stereocenters. The van der Waals surface area contributed by atoms with Crippen LogP contribution < -0.4 is 0 Å². The molecule has 0 aliphatic carbocycles. The molecule has 13 heavy (non-hydrogen) atoms. The second-order valence-electron chi connectivity index (χ2n) is 2.84. The monoisotopic (exact) mass is 193 g/mol. The molecule has 2 rings (SSSR count). The second kappa shape index (κ2) is 3.26. The van der Waals surface area contributed by atoms with Crippen LogP contribution in [0.15, 0.2) is 29.1 Å². The Kier molecular flexibility index (Phi) is 2.10. The van der Waals surface area contributed by atoms with Crippen LogP contribution in [0.25, 0.3) is 11.1 Å². The lowest BCUT2D eigenvalue weighted by molar-refractivity contribution is 0.575. The van der Waals surface area contributed by atoms with E-state index in [0.29, 0.717) is 5.56 Å². The van der Waals surface area contributed by atoms with Crippen LogP contribution in [-0.4, -0.2) is 4.98 Å². The van der Waals surface area contributed by atoms with Crippen LogP contribution in [0.1, 0.15) is 5.56 Å². The van der Waals surface area contributed by atoms with E-state index in [1.807, 2.05) is 22.9 Å². The first kappa shape index (κ1) is 8.38. The van der Waals surface area contributed by atoms with Gasteiger partial charge in [0.2, 0.25) is 5.95 Å². The highest BCUT2D eigenvalue weighted by Gasteiger charge is 2.02. The van der Waals surface area contributed by atoms with Crippen LogP contribution in [0.5, 0.6) is 0 Å². The molecule has 0 saturated heterocycles. The fourth-order valence-corrected chi connectivity index (χ4v) is 1.81. The lowest BCUT2D eigenvalue weighted by atomic mass is 10.1. The van der Waals surface area contributed by atoms with Crippen LogP contribution >= 0.6 is 11.3 Å². The summed E-state index contributed by atoms with van der Waals surface area (Å²) in [5.41, 5.74) is 2.66. The quantitative estimate of drug-likeness (QED) is 0.633. The molecule has 0 bridgehead atoms. The first-order chi connectivity index (χ1) is 6.27. The molecule has 2 aromatic rings. The average molecular weight is 193 g/mol. The van der Waals surface area contributed by atoms with Gasteiger partial charge in [-0.3, -0.25) is 0 Å². The summed E-state index contributed by atoms with van der Waals surface area (Å²) in [4.78, 5) is 3.67. The summed E-state index contributed by atoms with van der Waals surface area (Å²) in [6.45, 7) is 1.72. The fourth-order valence-electron chi connectivity index (χ4n) is 1.14. The SMILES string of the molecule is Cc1cc(-c2ccsc2)cnc1F. The fraction of sp³-hybridized carbons (Fsp3) is 0.100. The maximum atomic E-state index is 12.8. The molecule has 0 aliphatic heterocycles. The Balaban J connectivity index is 2.49. The molecule has 0 aliphatic rings. The number of aryl methyl sites for hydroxylation is 1. The van der Waals surface area contributed by atoms with Crippen LogP contribution in [0, 0.1) is 12.9 Å². The third kappa shape index (κ3) is 1.60. The summed E-state index contributed by atoms with van der Waals surface area (Å²) in [6, 6.07) is 3.81. The third-order valence-electron chi connectivity index (χ3n) is 1.87. The third-order valence-corrected chi connectivity index (χ3v) is 2.55. The highest BCUT2D eigenvalue weighted by molar-refractivity contribution is 7.08. The summed E-state index contributed by atoms with van der Waals surface area (Å²) in [7, 11) is 0. The maximum Gasteiger partial charge on any atom is 0.215 e. The van der Waals surface area contributed by atoms with Crippen molar-refractivity contribution < 1.29 is 4.39 Å². The first-order valence-electron chi connectivity index (χ1n) is 3.92. The molecule has 2 heterocycles. The van der Waals surface area contributed by atoms with Gasteiger partial charge >= 0.3 is 0 Å². The van der Waals surface area contributed by atoms with E-state index in [-0.39, 0.29) is 5.95 Å². The minimum absolute atomic E-state index is 0.390. The van der Waals surface area contributed by atoms with Gasteiger partial charge in [0.15, 0.2) is 0 Å². The Morgan fingerprint density at radius 2 is 2.23 bits per heavy atom. The zero-order valence-corrected chi connectivity index (χ0v) is 7.94. The van der Waals surface area contributed by atoms with Crippen molar-refractivity contribution in [1.29, 1.82) is 0 Å². The molecule has 2 aromatic heterocycles. The van der Waals surface area contributed by atoms with Gasteiger partial charge < -0.3 is 0 Å². The van der Waals surface area contributed by atoms with E-state index in [9.17, 15) is 4.39 Å². The number of aromatic nitrogens is 1. The number of halogens is 1. The molecule has 0 saturated carbocycles. The summed E-state index contributed by atoms with van der Waals surface area (Å²) in [5.74, 6) is -0.390. The van der Waals surface area contributed by atoms with Gasteiger partial charge in [0.25, 0.3) is 0 Å². The standard InChI is InChI=1S/C10H8FNS/c1-7-4-9(5-12-10(7)11)8-2-3-13-6-8/h2-6H,1H3. The van der Waals surface area contributed by atoms with Crippen molar-refractivity contribution in [3.05, 3.63) is 40.6 Å².